The zero-order valence-electron chi connectivity index (χ0n) is 11.2. The van der Waals surface area contributed by atoms with Gasteiger partial charge in [0.15, 0.2) is 6.04 Å². The summed E-state index contributed by atoms with van der Waals surface area (Å²) >= 11 is 0. The van der Waals surface area contributed by atoms with E-state index in [1.807, 2.05) is 0 Å². The molecule has 1 amide bonds. The van der Waals surface area contributed by atoms with Crippen molar-refractivity contribution in [3.8, 4) is 0 Å². The molecule has 0 saturated carbocycles. The van der Waals surface area contributed by atoms with Crippen LogP contribution < -0.4 is 0 Å². The van der Waals surface area contributed by atoms with Crippen molar-refractivity contribution in [2.75, 3.05) is 14.2 Å². The molecular weight excluding hydrogens is 226 g/mol. The summed E-state index contributed by atoms with van der Waals surface area (Å²) in [5, 5.41) is 9.06. The molecule has 2 atom stereocenters. The van der Waals surface area contributed by atoms with Crippen molar-refractivity contribution in [2.45, 2.75) is 45.4 Å². The molecule has 0 spiro atoms. The minimum Gasteiger partial charge on any atom is -0.480 e. The Morgan fingerprint density at radius 1 is 1.29 bits per heavy atom. The average Bonchev–Trinajstić information content (AvgIpc) is 2.14. The Kier molecular flexibility index (Phi) is 5.41. The fourth-order valence-electron chi connectivity index (χ4n) is 1.26. The molecule has 0 aromatic rings. The van der Waals surface area contributed by atoms with Gasteiger partial charge in [0.25, 0.3) is 0 Å². The van der Waals surface area contributed by atoms with Gasteiger partial charge in [-0.2, -0.15) is 0 Å². The molecule has 6 nitrogen and oxygen atoms in total. The molecule has 0 heterocycles. The highest BCUT2D eigenvalue weighted by molar-refractivity contribution is 5.80. The van der Waals surface area contributed by atoms with Gasteiger partial charge in [-0.15, -0.1) is 0 Å². The Labute approximate surface area is 101 Å². The molecule has 0 aromatic heterocycles. The van der Waals surface area contributed by atoms with Gasteiger partial charge in [-0.1, -0.05) is 0 Å². The molecule has 0 aromatic carbocycles. The van der Waals surface area contributed by atoms with Crippen LogP contribution in [0.5, 0.6) is 0 Å². The van der Waals surface area contributed by atoms with E-state index in [-0.39, 0.29) is 0 Å². The fraction of sp³-hybridized carbons (Fsp3) is 0.818. The van der Waals surface area contributed by atoms with E-state index in [0.29, 0.717) is 0 Å². The van der Waals surface area contributed by atoms with E-state index in [0.717, 1.165) is 4.90 Å². The van der Waals surface area contributed by atoms with E-state index >= 15 is 0 Å². The van der Waals surface area contributed by atoms with Gasteiger partial charge < -0.3 is 14.6 Å². The molecule has 2 unspecified atom stereocenters. The van der Waals surface area contributed by atoms with Gasteiger partial charge in [0.2, 0.25) is 0 Å². The second-order valence-corrected chi connectivity index (χ2v) is 4.82. The first-order valence-corrected chi connectivity index (χ1v) is 5.31. The van der Waals surface area contributed by atoms with Crippen LogP contribution in [0.15, 0.2) is 0 Å². The van der Waals surface area contributed by atoms with Crippen LogP contribution in [0.1, 0.15) is 27.7 Å². The molecule has 6 heteroatoms. The number of amides is 1. The SMILES string of the molecule is COC(C)C(C(=O)O)N(C)C(=O)OC(C)(C)C. The summed E-state index contributed by atoms with van der Waals surface area (Å²) in [6.45, 7) is 6.73. The minimum absolute atomic E-state index is 0.620. The smallest absolute Gasteiger partial charge is 0.410 e. The number of hydrogen-bond acceptors (Lipinski definition) is 4. The van der Waals surface area contributed by atoms with Crippen molar-refractivity contribution in [1.29, 1.82) is 0 Å². The third-order valence-electron chi connectivity index (χ3n) is 2.17. The number of aliphatic carboxylic acids is 1. The standard InChI is InChI=1S/C11H21NO5/c1-7(16-6)8(9(13)14)12(5)10(15)17-11(2,3)4/h7-8H,1-6H3,(H,13,14). The molecule has 0 rings (SSSR count). The lowest BCUT2D eigenvalue weighted by Crippen LogP contribution is -2.50. The minimum atomic E-state index is -1.13. The number of ether oxygens (including phenoxy) is 2. The number of carboxylic acid groups (broad SMARTS) is 1. The van der Waals surface area contributed by atoms with E-state index in [1.165, 1.54) is 14.2 Å². The molecule has 0 aliphatic carbocycles. The second-order valence-electron chi connectivity index (χ2n) is 4.82. The predicted molar refractivity (Wildman–Crippen MR) is 61.9 cm³/mol. The number of carbonyl (C=O) groups excluding carboxylic acids is 1. The van der Waals surface area contributed by atoms with Gasteiger partial charge in [-0.3, -0.25) is 4.90 Å². The Balaban J connectivity index is 4.79. The van der Waals surface area contributed by atoms with Crippen molar-refractivity contribution in [3.05, 3.63) is 0 Å². The predicted octanol–water partition coefficient (Wildman–Crippen LogP) is 1.34. The maximum Gasteiger partial charge on any atom is 0.410 e. The van der Waals surface area contributed by atoms with E-state index in [1.54, 1.807) is 27.7 Å². The van der Waals surface area contributed by atoms with Gasteiger partial charge in [0.05, 0.1) is 6.10 Å². The summed E-state index contributed by atoms with van der Waals surface area (Å²) < 4.78 is 10.0. The van der Waals surface area contributed by atoms with Crippen LogP contribution in [0.2, 0.25) is 0 Å². The van der Waals surface area contributed by atoms with E-state index in [4.69, 9.17) is 14.6 Å². The molecule has 0 aliphatic heterocycles. The van der Waals surface area contributed by atoms with E-state index in [2.05, 4.69) is 0 Å². The summed E-state index contributed by atoms with van der Waals surface area (Å²) in [5.41, 5.74) is -0.662. The van der Waals surface area contributed by atoms with Crippen molar-refractivity contribution < 1.29 is 24.2 Å². The number of likely N-dealkylation sites (N-methyl/N-ethyl adjacent to an activating group) is 1. The lowest BCUT2D eigenvalue weighted by Gasteiger charge is -2.30. The molecule has 17 heavy (non-hydrogen) atoms. The number of rotatable bonds is 4. The van der Waals surface area contributed by atoms with Gasteiger partial charge in [-0.05, 0) is 27.7 Å². The molecule has 0 fully saturated rings. The molecule has 1 N–H and O–H groups in total. The molecule has 0 saturated heterocycles. The molecule has 100 valence electrons. The van der Waals surface area contributed by atoms with Crippen molar-refractivity contribution in [1.82, 2.24) is 4.90 Å². The monoisotopic (exact) mass is 247 g/mol. The van der Waals surface area contributed by atoms with Crippen molar-refractivity contribution >= 4 is 12.1 Å². The number of carbonyl (C=O) groups is 2. The van der Waals surface area contributed by atoms with E-state index < -0.39 is 29.8 Å². The van der Waals surface area contributed by atoms with Crippen LogP contribution in [0.25, 0.3) is 0 Å². The second kappa shape index (κ2) is 5.86. The highest BCUT2D eigenvalue weighted by atomic mass is 16.6. The summed E-state index contributed by atoms with van der Waals surface area (Å²) in [7, 11) is 2.77. The summed E-state index contributed by atoms with van der Waals surface area (Å²) in [6, 6.07) is -1.07. The third kappa shape index (κ3) is 5.04. The Morgan fingerprint density at radius 2 is 1.76 bits per heavy atom. The molecular formula is C11H21NO5. The number of methoxy groups -OCH3 is 1. The van der Waals surface area contributed by atoms with Crippen LogP contribution in [0, 0.1) is 0 Å². The van der Waals surface area contributed by atoms with Crippen LogP contribution in [-0.4, -0.2) is 54.0 Å². The molecule has 0 bridgehead atoms. The first kappa shape index (κ1) is 15.7. The van der Waals surface area contributed by atoms with E-state index in [9.17, 15) is 9.59 Å². The molecule has 0 aliphatic rings. The van der Waals surface area contributed by atoms with Crippen LogP contribution in [-0.2, 0) is 14.3 Å². The third-order valence-corrected chi connectivity index (χ3v) is 2.17. The normalized spacial score (nSPS) is 14.9. The van der Waals surface area contributed by atoms with Gasteiger partial charge >= 0.3 is 12.1 Å². The van der Waals surface area contributed by atoms with Gasteiger partial charge in [0.1, 0.15) is 5.60 Å². The van der Waals surface area contributed by atoms with Gasteiger partial charge in [0, 0.05) is 14.2 Å². The Bertz CT molecular complexity index is 284. The summed E-state index contributed by atoms with van der Waals surface area (Å²) in [5.74, 6) is -1.13. The summed E-state index contributed by atoms with van der Waals surface area (Å²) in [6.07, 6.45) is -1.31. The maximum atomic E-state index is 11.7. The lowest BCUT2D eigenvalue weighted by atomic mass is 10.1. The molecule has 0 radical (unpaired) electrons. The Morgan fingerprint density at radius 3 is 2.06 bits per heavy atom. The fourth-order valence-corrected chi connectivity index (χ4v) is 1.26. The highest BCUT2D eigenvalue weighted by Gasteiger charge is 2.34. The zero-order chi connectivity index (χ0) is 13.8. The summed E-state index contributed by atoms with van der Waals surface area (Å²) in [4.78, 5) is 23.8. The maximum absolute atomic E-state index is 11.7. The quantitative estimate of drug-likeness (QED) is 0.811. The largest absolute Gasteiger partial charge is 0.480 e. The van der Waals surface area contributed by atoms with Crippen molar-refractivity contribution in [3.63, 3.8) is 0 Å². The first-order valence-electron chi connectivity index (χ1n) is 5.31. The number of nitrogens with zero attached hydrogens (tertiary/aromatic N) is 1. The van der Waals surface area contributed by atoms with Crippen LogP contribution in [0.3, 0.4) is 0 Å². The van der Waals surface area contributed by atoms with Gasteiger partial charge in [-0.25, -0.2) is 9.59 Å². The van der Waals surface area contributed by atoms with Crippen molar-refractivity contribution in [2.24, 2.45) is 0 Å². The number of carboxylic acids is 1. The van der Waals surface area contributed by atoms with Crippen LogP contribution in [0.4, 0.5) is 4.79 Å². The number of hydrogen-bond donors (Lipinski definition) is 1. The Hall–Kier alpha value is -1.30. The lowest BCUT2D eigenvalue weighted by molar-refractivity contribution is -0.147. The van der Waals surface area contributed by atoms with Crippen LogP contribution >= 0.6 is 0 Å². The zero-order valence-corrected chi connectivity index (χ0v) is 11.2. The first-order chi connectivity index (χ1) is 7.60. The highest BCUT2D eigenvalue weighted by Crippen LogP contribution is 2.13. The average molecular weight is 247 g/mol. The topological polar surface area (TPSA) is 76.1 Å².